The maximum atomic E-state index is 10.8. The maximum absolute atomic E-state index is 10.8. The van der Waals surface area contributed by atoms with Crippen molar-refractivity contribution in [3.8, 4) is 0 Å². The molecular formula is C16H23NO2Si. The van der Waals surface area contributed by atoms with Crippen molar-refractivity contribution in [1.29, 1.82) is 0 Å². The Morgan fingerprint density at radius 3 is 2.55 bits per heavy atom. The average Bonchev–Trinajstić information content (AvgIpc) is 2.76. The molecule has 1 aromatic carbocycles. The van der Waals surface area contributed by atoms with Gasteiger partial charge in [-0.25, -0.2) is 0 Å². The number of benzene rings is 1. The predicted molar refractivity (Wildman–Crippen MR) is 85.7 cm³/mol. The first-order chi connectivity index (χ1) is 9.23. The minimum atomic E-state index is -1.73. The molecule has 0 atom stereocenters. The van der Waals surface area contributed by atoms with Crippen molar-refractivity contribution in [2.24, 2.45) is 0 Å². The lowest BCUT2D eigenvalue weighted by Crippen LogP contribution is -2.40. The summed E-state index contributed by atoms with van der Waals surface area (Å²) in [6, 6.07) is 7.73. The number of nitrogens with one attached hydrogen (secondary N) is 1. The van der Waals surface area contributed by atoms with Crippen molar-refractivity contribution in [2.45, 2.75) is 45.5 Å². The van der Waals surface area contributed by atoms with Gasteiger partial charge in [-0.05, 0) is 42.4 Å². The van der Waals surface area contributed by atoms with E-state index >= 15 is 0 Å². The zero-order valence-electron chi connectivity index (χ0n) is 12.9. The molecule has 3 nitrogen and oxygen atoms in total. The van der Waals surface area contributed by atoms with Crippen LogP contribution >= 0.6 is 0 Å². The van der Waals surface area contributed by atoms with Crippen LogP contribution in [0, 0.1) is 0 Å². The summed E-state index contributed by atoms with van der Waals surface area (Å²) in [7, 11) is -1.73. The van der Waals surface area contributed by atoms with Crippen LogP contribution in [0.3, 0.4) is 0 Å². The van der Waals surface area contributed by atoms with Gasteiger partial charge in [-0.3, -0.25) is 4.79 Å². The molecule has 0 unspecified atom stereocenters. The van der Waals surface area contributed by atoms with E-state index in [-0.39, 0.29) is 5.04 Å². The summed E-state index contributed by atoms with van der Waals surface area (Å²) < 4.78 is 6.20. The number of carbonyl (C=O) groups is 1. The van der Waals surface area contributed by atoms with E-state index in [1.165, 1.54) is 0 Å². The van der Waals surface area contributed by atoms with E-state index in [2.05, 4.69) is 44.9 Å². The van der Waals surface area contributed by atoms with E-state index in [0.717, 1.165) is 22.9 Å². The molecule has 0 fully saturated rings. The topological polar surface area (TPSA) is 42.1 Å². The highest BCUT2D eigenvalue weighted by Gasteiger charge is 2.37. The molecule has 0 saturated heterocycles. The lowest BCUT2D eigenvalue weighted by molar-refractivity contribution is 0.112. The van der Waals surface area contributed by atoms with Gasteiger partial charge in [0.25, 0.3) is 0 Å². The molecule has 0 aliphatic heterocycles. The van der Waals surface area contributed by atoms with Crippen LogP contribution in [0.1, 0.15) is 36.8 Å². The van der Waals surface area contributed by atoms with Crippen LogP contribution in [0.4, 0.5) is 0 Å². The highest BCUT2D eigenvalue weighted by Crippen LogP contribution is 2.37. The highest BCUT2D eigenvalue weighted by atomic mass is 28.4. The smallest absolute Gasteiger partial charge is 0.192 e. The quantitative estimate of drug-likeness (QED) is 0.665. The molecule has 20 heavy (non-hydrogen) atoms. The summed E-state index contributed by atoms with van der Waals surface area (Å²) in [6.07, 6.45) is 0.873. The van der Waals surface area contributed by atoms with Gasteiger partial charge in [0, 0.05) is 22.2 Å². The first kappa shape index (κ1) is 15.0. The molecule has 0 aliphatic rings. The predicted octanol–water partition coefficient (Wildman–Crippen LogP) is 4.50. The SMILES string of the molecule is CC(C)(C)[Si](C)(C)OCc1cc2cc(C=O)ccc2[nH]1. The minimum Gasteiger partial charge on any atom is -0.411 e. The Hall–Kier alpha value is -1.39. The fraction of sp³-hybridized carbons (Fsp3) is 0.438. The van der Waals surface area contributed by atoms with Gasteiger partial charge in [0.1, 0.15) is 6.29 Å². The standard InChI is InChI=1S/C16H23NO2Si/c1-16(2,3)20(4,5)19-11-14-9-13-8-12(10-18)6-7-15(13)17-14/h6-10,17H,11H2,1-5H3. The van der Waals surface area contributed by atoms with E-state index in [1.54, 1.807) is 0 Å². The fourth-order valence-electron chi connectivity index (χ4n) is 1.84. The normalized spacial score (nSPS) is 12.8. The Morgan fingerprint density at radius 2 is 1.95 bits per heavy atom. The second-order valence-electron chi connectivity index (χ2n) is 6.81. The Kier molecular flexibility index (Phi) is 3.89. The molecule has 1 N–H and O–H groups in total. The van der Waals surface area contributed by atoms with Crippen LogP contribution in [0.2, 0.25) is 18.1 Å². The van der Waals surface area contributed by atoms with Gasteiger partial charge in [-0.1, -0.05) is 20.8 Å². The summed E-state index contributed by atoms with van der Waals surface area (Å²) in [4.78, 5) is 14.1. The number of fused-ring (bicyclic) bond motifs is 1. The van der Waals surface area contributed by atoms with Crippen LogP contribution in [-0.4, -0.2) is 19.6 Å². The van der Waals surface area contributed by atoms with Crippen molar-refractivity contribution >= 4 is 25.5 Å². The molecule has 0 spiro atoms. The lowest BCUT2D eigenvalue weighted by atomic mass is 10.2. The van der Waals surface area contributed by atoms with Crippen LogP contribution in [0.25, 0.3) is 10.9 Å². The van der Waals surface area contributed by atoms with Crippen LogP contribution in [-0.2, 0) is 11.0 Å². The highest BCUT2D eigenvalue weighted by molar-refractivity contribution is 6.74. The number of rotatable bonds is 4. The Morgan fingerprint density at radius 1 is 1.25 bits per heavy atom. The second kappa shape index (κ2) is 5.18. The Bertz CT molecular complexity index is 623. The summed E-state index contributed by atoms with van der Waals surface area (Å²) in [5.41, 5.74) is 2.81. The third-order valence-corrected chi connectivity index (χ3v) is 8.71. The van der Waals surface area contributed by atoms with E-state index in [1.807, 2.05) is 18.2 Å². The molecule has 4 heteroatoms. The van der Waals surface area contributed by atoms with Crippen molar-refractivity contribution in [3.63, 3.8) is 0 Å². The van der Waals surface area contributed by atoms with Crippen molar-refractivity contribution < 1.29 is 9.22 Å². The molecule has 0 aliphatic carbocycles. The van der Waals surface area contributed by atoms with Crippen molar-refractivity contribution in [2.75, 3.05) is 0 Å². The number of hydrogen-bond acceptors (Lipinski definition) is 2. The van der Waals surface area contributed by atoms with E-state index < -0.39 is 8.32 Å². The fourth-order valence-corrected chi connectivity index (χ4v) is 2.79. The lowest BCUT2D eigenvalue weighted by Gasteiger charge is -2.36. The third kappa shape index (κ3) is 3.02. The number of H-pyrrole nitrogens is 1. The maximum Gasteiger partial charge on any atom is 0.192 e. The van der Waals surface area contributed by atoms with Crippen molar-refractivity contribution in [1.82, 2.24) is 4.98 Å². The second-order valence-corrected chi connectivity index (χ2v) is 11.6. The molecule has 108 valence electrons. The van der Waals surface area contributed by atoms with E-state index in [9.17, 15) is 4.79 Å². The largest absolute Gasteiger partial charge is 0.411 e. The van der Waals surface area contributed by atoms with Crippen LogP contribution in [0.5, 0.6) is 0 Å². The minimum absolute atomic E-state index is 0.212. The van der Waals surface area contributed by atoms with Gasteiger partial charge in [-0.2, -0.15) is 0 Å². The van der Waals surface area contributed by atoms with Gasteiger partial charge >= 0.3 is 0 Å². The number of aromatic amines is 1. The summed E-state index contributed by atoms with van der Waals surface area (Å²) >= 11 is 0. The zero-order chi connectivity index (χ0) is 15.0. The van der Waals surface area contributed by atoms with E-state index in [4.69, 9.17) is 4.43 Å². The molecule has 0 amide bonds. The van der Waals surface area contributed by atoms with Crippen LogP contribution in [0.15, 0.2) is 24.3 Å². The average molecular weight is 289 g/mol. The Balaban J connectivity index is 2.17. The first-order valence-electron chi connectivity index (χ1n) is 6.94. The van der Waals surface area contributed by atoms with Gasteiger partial charge in [-0.15, -0.1) is 0 Å². The monoisotopic (exact) mass is 289 g/mol. The van der Waals surface area contributed by atoms with E-state index in [0.29, 0.717) is 12.2 Å². The molecule has 1 heterocycles. The third-order valence-electron chi connectivity index (χ3n) is 4.23. The molecule has 2 rings (SSSR count). The number of aromatic nitrogens is 1. The van der Waals surface area contributed by atoms with Crippen LogP contribution < -0.4 is 0 Å². The number of carbonyl (C=O) groups excluding carboxylic acids is 1. The zero-order valence-corrected chi connectivity index (χ0v) is 13.9. The van der Waals surface area contributed by atoms with Gasteiger partial charge < -0.3 is 9.41 Å². The Labute approximate surface area is 121 Å². The molecule has 0 bridgehead atoms. The molecule has 1 aromatic heterocycles. The van der Waals surface area contributed by atoms with Gasteiger partial charge in [0.2, 0.25) is 0 Å². The first-order valence-corrected chi connectivity index (χ1v) is 9.84. The number of hydrogen-bond donors (Lipinski definition) is 1. The van der Waals surface area contributed by atoms with Gasteiger partial charge in [0.05, 0.1) is 6.61 Å². The summed E-state index contributed by atoms with van der Waals surface area (Å²) in [5, 5.41) is 1.27. The van der Waals surface area contributed by atoms with Gasteiger partial charge in [0.15, 0.2) is 8.32 Å². The molecular weight excluding hydrogens is 266 g/mol. The summed E-state index contributed by atoms with van der Waals surface area (Å²) in [6.45, 7) is 11.8. The van der Waals surface area contributed by atoms with Crippen molar-refractivity contribution in [3.05, 3.63) is 35.5 Å². The summed E-state index contributed by atoms with van der Waals surface area (Å²) in [5.74, 6) is 0. The molecule has 2 aromatic rings. The molecule has 0 saturated carbocycles. The molecule has 0 radical (unpaired) electrons. The number of aldehydes is 1.